The van der Waals surface area contributed by atoms with Crippen LogP contribution >= 0.6 is 0 Å². The highest BCUT2D eigenvalue weighted by Gasteiger charge is 2.40. The molecule has 3 heterocycles. The summed E-state index contributed by atoms with van der Waals surface area (Å²) in [4.78, 5) is 18.7. The molecule has 0 aromatic heterocycles. The standard InChI is InChI=1S/C15H27N3O3/c19-14(11-16-7-9-21-10-8-16)18-6-3-15(20,13-18)12-17-4-1-2-5-17/h20H,1-13H2/t15-/m1/s1. The molecular weight excluding hydrogens is 270 g/mol. The lowest BCUT2D eigenvalue weighted by molar-refractivity contribution is -0.133. The van der Waals surface area contributed by atoms with Gasteiger partial charge in [0.1, 0.15) is 0 Å². The van der Waals surface area contributed by atoms with Gasteiger partial charge in [0, 0.05) is 26.2 Å². The Hall–Kier alpha value is -0.690. The van der Waals surface area contributed by atoms with E-state index in [9.17, 15) is 9.90 Å². The minimum Gasteiger partial charge on any atom is -0.387 e. The van der Waals surface area contributed by atoms with E-state index in [1.165, 1.54) is 12.8 Å². The van der Waals surface area contributed by atoms with Crippen molar-refractivity contribution in [1.82, 2.24) is 14.7 Å². The molecule has 6 heteroatoms. The summed E-state index contributed by atoms with van der Waals surface area (Å²) in [5.41, 5.74) is -0.703. The van der Waals surface area contributed by atoms with Crippen molar-refractivity contribution in [2.75, 3.05) is 65.6 Å². The Morgan fingerprint density at radius 3 is 2.48 bits per heavy atom. The lowest BCUT2D eigenvalue weighted by Crippen LogP contribution is -2.47. The van der Waals surface area contributed by atoms with Gasteiger partial charge in [0.05, 0.1) is 31.9 Å². The predicted molar refractivity (Wildman–Crippen MR) is 79.1 cm³/mol. The van der Waals surface area contributed by atoms with Crippen molar-refractivity contribution in [1.29, 1.82) is 0 Å². The second-order valence-electron chi connectivity index (χ2n) is 6.66. The van der Waals surface area contributed by atoms with Crippen LogP contribution in [0.1, 0.15) is 19.3 Å². The minimum atomic E-state index is -0.703. The van der Waals surface area contributed by atoms with Crippen molar-refractivity contribution < 1.29 is 14.6 Å². The van der Waals surface area contributed by atoms with Crippen LogP contribution in [0.4, 0.5) is 0 Å². The van der Waals surface area contributed by atoms with Crippen LogP contribution in [0.25, 0.3) is 0 Å². The first-order chi connectivity index (χ1) is 10.1. The molecule has 3 aliphatic rings. The molecule has 0 spiro atoms. The van der Waals surface area contributed by atoms with Gasteiger partial charge in [-0.2, -0.15) is 0 Å². The summed E-state index contributed by atoms with van der Waals surface area (Å²) >= 11 is 0. The quantitative estimate of drug-likeness (QED) is 0.749. The van der Waals surface area contributed by atoms with Crippen molar-refractivity contribution in [3.05, 3.63) is 0 Å². The molecule has 21 heavy (non-hydrogen) atoms. The number of aliphatic hydroxyl groups is 1. The van der Waals surface area contributed by atoms with Crippen LogP contribution in [0.2, 0.25) is 0 Å². The normalized spacial score (nSPS) is 32.0. The fraction of sp³-hybridized carbons (Fsp3) is 0.933. The zero-order valence-electron chi connectivity index (χ0n) is 12.8. The molecule has 0 saturated carbocycles. The van der Waals surface area contributed by atoms with Crippen LogP contribution in [-0.4, -0.2) is 96.9 Å². The molecule has 1 N–H and O–H groups in total. The van der Waals surface area contributed by atoms with E-state index in [1.54, 1.807) is 0 Å². The Morgan fingerprint density at radius 1 is 1.05 bits per heavy atom. The summed E-state index contributed by atoms with van der Waals surface area (Å²) in [6, 6.07) is 0. The lowest BCUT2D eigenvalue weighted by atomic mass is 10.0. The van der Waals surface area contributed by atoms with Crippen LogP contribution < -0.4 is 0 Å². The van der Waals surface area contributed by atoms with Crippen LogP contribution in [0.3, 0.4) is 0 Å². The molecule has 1 atom stereocenters. The van der Waals surface area contributed by atoms with Crippen LogP contribution in [0.15, 0.2) is 0 Å². The summed E-state index contributed by atoms with van der Waals surface area (Å²) in [5.74, 6) is 0.147. The maximum Gasteiger partial charge on any atom is 0.236 e. The topological polar surface area (TPSA) is 56.3 Å². The molecule has 0 aromatic carbocycles. The van der Waals surface area contributed by atoms with Crippen LogP contribution in [-0.2, 0) is 9.53 Å². The van der Waals surface area contributed by atoms with Gasteiger partial charge in [-0.15, -0.1) is 0 Å². The van der Waals surface area contributed by atoms with E-state index in [4.69, 9.17) is 4.74 Å². The van der Waals surface area contributed by atoms with Gasteiger partial charge < -0.3 is 19.6 Å². The molecule has 6 nitrogen and oxygen atoms in total. The third-order valence-electron chi connectivity index (χ3n) is 4.86. The summed E-state index contributed by atoms with van der Waals surface area (Å²) < 4.78 is 5.30. The number of β-amino-alcohol motifs (C(OH)–C–C–N with tert-alkyl or cyclic N) is 1. The fourth-order valence-electron chi connectivity index (χ4n) is 3.61. The average Bonchev–Trinajstić information content (AvgIpc) is 3.10. The first-order valence-corrected chi connectivity index (χ1v) is 8.17. The van der Waals surface area contributed by atoms with Gasteiger partial charge in [-0.1, -0.05) is 0 Å². The van der Waals surface area contributed by atoms with Gasteiger partial charge in [-0.3, -0.25) is 9.69 Å². The van der Waals surface area contributed by atoms with Gasteiger partial charge >= 0.3 is 0 Å². The molecule has 0 unspecified atom stereocenters. The molecule has 3 rings (SSSR count). The fourth-order valence-corrected chi connectivity index (χ4v) is 3.61. The van der Waals surface area contributed by atoms with Crippen molar-refractivity contribution in [3.8, 4) is 0 Å². The molecule has 120 valence electrons. The molecule has 3 aliphatic heterocycles. The molecule has 0 bridgehead atoms. The highest BCUT2D eigenvalue weighted by Crippen LogP contribution is 2.24. The number of hydrogen-bond acceptors (Lipinski definition) is 5. The number of carbonyl (C=O) groups excluding carboxylic acids is 1. The zero-order chi connectivity index (χ0) is 14.7. The molecule has 1 amide bonds. The number of likely N-dealkylation sites (tertiary alicyclic amines) is 2. The minimum absolute atomic E-state index is 0.147. The number of ether oxygens (including phenoxy) is 1. The third kappa shape index (κ3) is 3.94. The van der Waals surface area contributed by atoms with Gasteiger partial charge in [-0.25, -0.2) is 0 Å². The van der Waals surface area contributed by atoms with E-state index in [-0.39, 0.29) is 5.91 Å². The maximum atomic E-state index is 12.4. The molecule has 0 aliphatic carbocycles. The zero-order valence-corrected chi connectivity index (χ0v) is 12.8. The van der Waals surface area contributed by atoms with Gasteiger partial charge in [0.2, 0.25) is 5.91 Å². The molecule has 0 aromatic rings. The van der Waals surface area contributed by atoms with Crippen LogP contribution in [0, 0.1) is 0 Å². The van der Waals surface area contributed by atoms with E-state index in [2.05, 4.69) is 9.80 Å². The number of rotatable bonds is 4. The highest BCUT2D eigenvalue weighted by atomic mass is 16.5. The second-order valence-corrected chi connectivity index (χ2v) is 6.66. The molecule has 0 radical (unpaired) electrons. The third-order valence-corrected chi connectivity index (χ3v) is 4.86. The van der Waals surface area contributed by atoms with E-state index in [0.717, 1.165) is 26.2 Å². The summed E-state index contributed by atoms with van der Waals surface area (Å²) in [5, 5.41) is 10.7. The number of hydrogen-bond donors (Lipinski definition) is 1. The first-order valence-electron chi connectivity index (χ1n) is 8.17. The summed E-state index contributed by atoms with van der Waals surface area (Å²) in [6.07, 6.45) is 3.17. The van der Waals surface area contributed by atoms with Crippen molar-refractivity contribution in [2.45, 2.75) is 24.9 Å². The molecular formula is C15H27N3O3. The van der Waals surface area contributed by atoms with Crippen molar-refractivity contribution in [2.24, 2.45) is 0 Å². The van der Waals surface area contributed by atoms with Gasteiger partial charge in [0.15, 0.2) is 0 Å². The van der Waals surface area contributed by atoms with Crippen LogP contribution in [0.5, 0.6) is 0 Å². The Bertz CT molecular complexity index is 367. The van der Waals surface area contributed by atoms with Crippen molar-refractivity contribution in [3.63, 3.8) is 0 Å². The monoisotopic (exact) mass is 297 g/mol. The van der Waals surface area contributed by atoms with Gasteiger partial charge in [0.25, 0.3) is 0 Å². The number of nitrogens with zero attached hydrogens (tertiary/aromatic N) is 3. The highest BCUT2D eigenvalue weighted by molar-refractivity contribution is 5.78. The molecule has 3 saturated heterocycles. The Labute approximate surface area is 126 Å². The maximum absolute atomic E-state index is 12.4. The van der Waals surface area contributed by atoms with Crippen molar-refractivity contribution >= 4 is 5.91 Å². The SMILES string of the molecule is O=C(CN1CCOCC1)N1CC[C@@](O)(CN2CCCC2)C1. The predicted octanol–water partition coefficient (Wildman–Crippen LogP) is -0.622. The van der Waals surface area contributed by atoms with E-state index >= 15 is 0 Å². The number of amides is 1. The summed E-state index contributed by atoms with van der Waals surface area (Å²) in [7, 11) is 0. The largest absolute Gasteiger partial charge is 0.387 e. The average molecular weight is 297 g/mol. The number of morpholine rings is 1. The Balaban J connectivity index is 1.47. The number of carbonyl (C=O) groups is 1. The summed E-state index contributed by atoms with van der Waals surface area (Å²) in [6.45, 7) is 7.62. The second kappa shape index (κ2) is 6.60. The Kier molecular flexibility index (Phi) is 4.78. The van der Waals surface area contributed by atoms with E-state index < -0.39 is 5.60 Å². The smallest absolute Gasteiger partial charge is 0.236 e. The van der Waals surface area contributed by atoms with E-state index in [0.29, 0.717) is 45.8 Å². The van der Waals surface area contributed by atoms with Gasteiger partial charge in [-0.05, 0) is 32.4 Å². The Morgan fingerprint density at radius 2 is 1.76 bits per heavy atom. The van der Waals surface area contributed by atoms with E-state index in [1.807, 2.05) is 4.90 Å². The molecule has 3 fully saturated rings. The lowest BCUT2D eigenvalue weighted by Gasteiger charge is -2.30. The first kappa shape index (κ1) is 15.2.